The number of fused-ring (bicyclic) bond motifs is 7. The van der Waals surface area contributed by atoms with Crippen LogP contribution in [0.1, 0.15) is 120 Å². The van der Waals surface area contributed by atoms with Gasteiger partial charge in [0, 0.05) is 35.6 Å². The Bertz CT molecular complexity index is 1470. The number of aliphatic hydroxyl groups is 1. The maximum Gasteiger partial charge on any atom is 0.181 e. The molecule has 8 atom stereocenters. The van der Waals surface area contributed by atoms with Crippen molar-refractivity contribution in [3.63, 3.8) is 0 Å². The second-order valence-corrected chi connectivity index (χ2v) is 15.9. The van der Waals surface area contributed by atoms with Crippen LogP contribution in [-0.4, -0.2) is 46.4 Å². The number of nitrogens with two attached hydrogens (primary N) is 1. The zero-order valence-corrected chi connectivity index (χ0v) is 30.6. The molecule has 4 fully saturated rings. The number of aliphatic hydroxyl groups excluding tert-OH is 1. The monoisotopic (exact) mass is 676 g/mol. The van der Waals surface area contributed by atoms with E-state index in [4.69, 9.17) is 20.6 Å². The third-order valence-electron chi connectivity index (χ3n) is 12.8. The first kappa shape index (κ1) is 40.2. The molecule has 49 heavy (non-hydrogen) atoms. The highest BCUT2D eigenvalue weighted by atomic mass is 16.5. The van der Waals surface area contributed by atoms with Crippen molar-refractivity contribution >= 4 is 29.2 Å². The van der Waals surface area contributed by atoms with E-state index in [2.05, 4.69) is 47.3 Å². The van der Waals surface area contributed by atoms with Gasteiger partial charge in [0.25, 0.3) is 0 Å². The van der Waals surface area contributed by atoms with Crippen LogP contribution in [0.4, 0.5) is 5.69 Å². The van der Waals surface area contributed by atoms with Crippen molar-refractivity contribution in [2.75, 3.05) is 12.3 Å². The maximum absolute atomic E-state index is 12.4. The van der Waals surface area contributed by atoms with E-state index in [9.17, 15) is 14.7 Å². The lowest BCUT2D eigenvalue weighted by Crippen LogP contribution is -2.58. The Labute approximate surface area is 296 Å². The molecule has 0 aromatic heterocycles. The van der Waals surface area contributed by atoms with Gasteiger partial charge in [-0.3, -0.25) is 4.79 Å². The van der Waals surface area contributed by atoms with E-state index < -0.39 is 5.54 Å². The lowest BCUT2D eigenvalue weighted by Gasteiger charge is -2.60. The highest BCUT2D eigenvalue weighted by Crippen LogP contribution is 2.69. The first-order valence-corrected chi connectivity index (χ1v) is 18.0. The van der Waals surface area contributed by atoms with Crippen LogP contribution in [0.2, 0.25) is 0 Å². The Kier molecular flexibility index (Phi) is 12.6. The number of hydrogen-bond acceptors (Lipinski definition) is 7. The first-order chi connectivity index (χ1) is 22.5. The van der Waals surface area contributed by atoms with Gasteiger partial charge in [0.15, 0.2) is 23.5 Å². The molecule has 0 saturated heterocycles. The Hall–Kier alpha value is -3.19. The van der Waals surface area contributed by atoms with Crippen LogP contribution in [-0.2, 0) is 14.3 Å². The summed E-state index contributed by atoms with van der Waals surface area (Å²) in [7, 11) is 0. The normalized spacial score (nSPS) is 35.4. The molecule has 7 rings (SSSR count). The number of carbonyl (C=O) groups excluding carboxylic acids is 2. The van der Waals surface area contributed by atoms with Gasteiger partial charge in [0.05, 0.1) is 0 Å². The minimum atomic E-state index is -0.712. The van der Waals surface area contributed by atoms with Crippen molar-refractivity contribution in [3.8, 4) is 5.75 Å². The summed E-state index contributed by atoms with van der Waals surface area (Å²) < 4.78 is 6.05. The topological polar surface area (TPSA) is 122 Å². The second-order valence-electron chi connectivity index (χ2n) is 15.9. The summed E-state index contributed by atoms with van der Waals surface area (Å²) in [5, 5.41) is 16.9. The van der Waals surface area contributed by atoms with Crippen molar-refractivity contribution in [1.82, 2.24) is 0 Å². The van der Waals surface area contributed by atoms with E-state index in [0.29, 0.717) is 40.8 Å². The van der Waals surface area contributed by atoms with E-state index in [0.717, 1.165) is 43.0 Å². The minimum Gasteiger partial charge on any atom is -0.507 e. The van der Waals surface area contributed by atoms with Gasteiger partial charge in [-0.25, -0.2) is 4.99 Å². The Morgan fingerprint density at radius 2 is 1.86 bits per heavy atom. The fraction of sp³-hybridized carbons (Fsp3) is 0.643. The molecule has 7 heteroatoms. The molecule has 0 bridgehead atoms. The standard InChI is InChI=1S/C23H29NO3.C9H11NO.C7H14.C2H6O.CH4/c1-13-11-22(4)18(10-19-23(22,12-25)24-14(2)27-19)17-6-5-15-9-16(26)7-8-21(15,3)20(13)17;1-6(2)8-5-7(10)3-4-9(8)11;1-3-7(2)5-4-6-7;1-2-3;/h7-9,12-13,17-20H,5-6,10-11H2,1-4H3;3-5,11H,1,10H2,2H3;3-6H2,1-2H3;3H,2H2,1H3;1H4. The number of aliphatic imine (C=N–C) groups is 1. The van der Waals surface area contributed by atoms with Crippen LogP contribution >= 0.6 is 0 Å². The first-order valence-electron chi connectivity index (χ1n) is 18.0. The van der Waals surface area contributed by atoms with Crippen LogP contribution in [0.5, 0.6) is 5.75 Å². The predicted molar refractivity (Wildman–Crippen MR) is 202 cm³/mol. The third-order valence-corrected chi connectivity index (χ3v) is 12.8. The number of ether oxygens (including phenoxy) is 1. The third kappa shape index (κ3) is 7.34. The number of aldehydes is 1. The number of carbonyl (C=O) groups is 2. The molecule has 272 valence electrons. The summed E-state index contributed by atoms with van der Waals surface area (Å²) in [5.74, 6) is 2.97. The summed E-state index contributed by atoms with van der Waals surface area (Å²) in [4.78, 5) is 29.1. The number of anilines is 1. The lowest BCUT2D eigenvalue weighted by molar-refractivity contribution is -0.124. The number of nitrogen functional groups attached to an aromatic ring is 1. The van der Waals surface area contributed by atoms with E-state index in [1.54, 1.807) is 31.2 Å². The molecule has 8 unspecified atom stereocenters. The van der Waals surface area contributed by atoms with Gasteiger partial charge in [-0.2, -0.15) is 0 Å². The van der Waals surface area contributed by atoms with Gasteiger partial charge in [0.1, 0.15) is 11.9 Å². The molecule has 1 aromatic rings. The largest absolute Gasteiger partial charge is 0.507 e. The Morgan fingerprint density at radius 3 is 2.37 bits per heavy atom. The number of allylic oxidation sites excluding steroid dienone is 5. The average molecular weight is 677 g/mol. The molecular formula is C42H64N2O5. The zero-order valence-electron chi connectivity index (χ0n) is 30.6. The quantitative estimate of drug-likeness (QED) is 0.167. The lowest BCUT2D eigenvalue weighted by atomic mass is 9.44. The van der Waals surface area contributed by atoms with Crippen LogP contribution in [0.3, 0.4) is 0 Å². The van der Waals surface area contributed by atoms with Crippen molar-refractivity contribution in [2.45, 2.75) is 126 Å². The highest BCUT2D eigenvalue weighted by molar-refractivity contribution is 6.01. The molecule has 4 N–H and O–H groups in total. The average Bonchev–Trinajstić information content (AvgIpc) is 3.47. The molecular weight excluding hydrogens is 612 g/mol. The van der Waals surface area contributed by atoms with Crippen LogP contribution in [0.15, 0.2) is 53.6 Å². The van der Waals surface area contributed by atoms with Crippen molar-refractivity contribution in [2.24, 2.45) is 44.9 Å². The van der Waals surface area contributed by atoms with Crippen LogP contribution in [0.25, 0.3) is 5.57 Å². The smallest absolute Gasteiger partial charge is 0.181 e. The summed E-state index contributed by atoms with van der Waals surface area (Å²) in [6.45, 7) is 21.0. The van der Waals surface area contributed by atoms with Gasteiger partial charge in [0.2, 0.25) is 0 Å². The Balaban J connectivity index is 0.000000243. The predicted octanol–water partition coefficient (Wildman–Crippen LogP) is 9.13. The number of ketones is 1. The van der Waals surface area contributed by atoms with E-state index >= 15 is 0 Å². The van der Waals surface area contributed by atoms with Crippen molar-refractivity contribution in [3.05, 3.63) is 54.1 Å². The molecule has 1 heterocycles. The number of phenolic OH excluding ortho intramolecular Hbond substituents is 1. The number of nitrogens with zero attached hydrogens (tertiary/aromatic N) is 1. The van der Waals surface area contributed by atoms with E-state index in [-0.39, 0.29) is 42.5 Å². The maximum atomic E-state index is 12.4. The van der Waals surface area contributed by atoms with Gasteiger partial charge >= 0.3 is 0 Å². The molecule has 1 aliphatic heterocycles. The molecule has 0 spiro atoms. The second kappa shape index (κ2) is 15.4. The van der Waals surface area contributed by atoms with Crippen LogP contribution in [0, 0.1) is 39.9 Å². The van der Waals surface area contributed by atoms with E-state index in [1.165, 1.54) is 31.3 Å². The van der Waals surface area contributed by atoms with Crippen LogP contribution < -0.4 is 5.73 Å². The summed E-state index contributed by atoms with van der Waals surface area (Å²) in [5.41, 5.74) is 8.85. The van der Waals surface area contributed by atoms with Gasteiger partial charge in [-0.05, 0) is 117 Å². The number of aromatic hydroxyl groups is 1. The van der Waals surface area contributed by atoms with Gasteiger partial charge < -0.3 is 25.5 Å². The summed E-state index contributed by atoms with van der Waals surface area (Å²) in [6.07, 6.45) is 16.6. The van der Waals surface area contributed by atoms with Crippen molar-refractivity contribution < 1.29 is 24.5 Å². The summed E-state index contributed by atoms with van der Waals surface area (Å²) in [6, 6.07) is 4.93. The van der Waals surface area contributed by atoms with Crippen molar-refractivity contribution in [1.29, 1.82) is 0 Å². The molecule has 1 aromatic carbocycles. The minimum absolute atomic E-state index is 0. The Morgan fingerprint density at radius 1 is 1.20 bits per heavy atom. The zero-order chi connectivity index (χ0) is 35.7. The van der Waals surface area contributed by atoms with Gasteiger partial charge in [-0.1, -0.05) is 73.1 Å². The number of hydrogen-bond donors (Lipinski definition) is 3. The van der Waals surface area contributed by atoms with Gasteiger partial charge in [-0.15, -0.1) is 0 Å². The molecule has 6 aliphatic rings. The molecule has 4 saturated carbocycles. The highest BCUT2D eigenvalue weighted by Gasteiger charge is 2.71. The molecule has 0 radical (unpaired) electrons. The molecule has 7 nitrogen and oxygen atoms in total. The number of phenols is 1. The fourth-order valence-corrected chi connectivity index (χ4v) is 10.0. The molecule has 5 aliphatic carbocycles. The SMILES string of the molecule is C.C=C(C)c1cc(N)ccc1O.CC1=NC2(C=O)C(CC3C4CCC5=CC(=O)C=CC5(C)C4C(C)CC32C)O1.CCC1(C)CCC1.CCO. The fourth-order valence-electron chi connectivity index (χ4n) is 10.0. The number of rotatable bonds is 3. The van der Waals surface area contributed by atoms with E-state index in [1.807, 2.05) is 19.9 Å². The summed E-state index contributed by atoms with van der Waals surface area (Å²) >= 11 is 0. The molecule has 0 amide bonds. The number of benzene rings is 1.